The molecule has 10 heteroatoms. The highest BCUT2D eigenvalue weighted by Gasteiger charge is 2.23. The summed E-state index contributed by atoms with van der Waals surface area (Å²) in [5.74, 6) is 0.305. The average Bonchev–Trinajstić information content (AvgIpc) is 2.79. The normalized spacial score (nSPS) is 17.1. The van der Waals surface area contributed by atoms with Gasteiger partial charge >= 0.3 is 0 Å². The van der Waals surface area contributed by atoms with Gasteiger partial charge in [0.15, 0.2) is 0 Å². The second kappa shape index (κ2) is 8.32. The van der Waals surface area contributed by atoms with E-state index in [-0.39, 0.29) is 13.1 Å². The molecule has 1 aromatic heterocycles. The van der Waals surface area contributed by atoms with E-state index < -0.39 is 22.0 Å². The summed E-state index contributed by atoms with van der Waals surface area (Å²) in [5.41, 5.74) is 1.47. The van der Waals surface area contributed by atoms with Crippen molar-refractivity contribution < 1.29 is 18.3 Å². The van der Waals surface area contributed by atoms with Crippen LogP contribution in [0.5, 0.6) is 0 Å². The fourth-order valence-corrected chi connectivity index (χ4v) is 3.80. The summed E-state index contributed by atoms with van der Waals surface area (Å²) in [6.07, 6.45) is 3.22. The highest BCUT2D eigenvalue weighted by molar-refractivity contribution is 7.98. The number of aliphatic hydroxyl groups excluding tert-OH is 1. The molecular formula is C14H24N4O4S2. The Bertz CT molecular complexity index is 674. The fourth-order valence-electron chi connectivity index (χ4n) is 2.52. The maximum Gasteiger partial charge on any atom is 0.249 e. The van der Waals surface area contributed by atoms with Crippen LogP contribution in [-0.2, 0) is 34.5 Å². The lowest BCUT2D eigenvalue weighted by molar-refractivity contribution is -0.129. The number of hydrogen-bond donors (Lipinski definition) is 2. The molecule has 0 unspecified atom stereocenters. The van der Waals surface area contributed by atoms with Gasteiger partial charge in [0.05, 0.1) is 30.7 Å². The quantitative estimate of drug-likeness (QED) is 0.682. The van der Waals surface area contributed by atoms with Crippen molar-refractivity contribution in [3.63, 3.8) is 0 Å². The van der Waals surface area contributed by atoms with E-state index in [1.54, 1.807) is 22.5 Å². The van der Waals surface area contributed by atoms with Gasteiger partial charge in [-0.2, -0.15) is 21.2 Å². The number of hydrogen-bond acceptors (Lipinski definition) is 6. The second-order valence-corrected chi connectivity index (χ2v) is 8.78. The van der Waals surface area contributed by atoms with E-state index in [0.29, 0.717) is 37.4 Å². The summed E-state index contributed by atoms with van der Waals surface area (Å²) in [7, 11) is -3.24. The van der Waals surface area contributed by atoms with E-state index in [1.165, 1.54) is 10.6 Å². The zero-order valence-electron chi connectivity index (χ0n) is 13.9. The molecule has 8 nitrogen and oxygen atoms in total. The molecule has 1 aliphatic rings. The van der Waals surface area contributed by atoms with Gasteiger partial charge in [0.2, 0.25) is 15.9 Å². The molecule has 0 saturated heterocycles. The number of sulfonamides is 1. The van der Waals surface area contributed by atoms with Crippen molar-refractivity contribution in [1.82, 2.24) is 19.4 Å². The molecule has 1 aliphatic heterocycles. The number of carbonyl (C=O) groups is 1. The summed E-state index contributed by atoms with van der Waals surface area (Å²) in [6, 6.07) is 1.80. The lowest BCUT2D eigenvalue weighted by Gasteiger charge is -2.16. The Balaban J connectivity index is 1.96. The van der Waals surface area contributed by atoms with Crippen LogP contribution in [0.4, 0.5) is 0 Å². The summed E-state index contributed by atoms with van der Waals surface area (Å²) >= 11 is 1.57. The molecule has 24 heavy (non-hydrogen) atoms. The molecule has 2 N–H and O–H groups in total. The van der Waals surface area contributed by atoms with E-state index in [2.05, 4.69) is 10.4 Å². The molecule has 0 spiro atoms. The summed E-state index contributed by atoms with van der Waals surface area (Å²) < 4.78 is 26.7. The van der Waals surface area contributed by atoms with Crippen LogP contribution in [0.2, 0.25) is 0 Å². The summed E-state index contributed by atoms with van der Waals surface area (Å²) in [6.45, 7) is 1.63. The highest BCUT2D eigenvalue weighted by Crippen LogP contribution is 2.16. The van der Waals surface area contributed by atoms with Gasteiger partial charge in [0, 0.05) is 13.1 Å². The van der Waals surface area contributed by atoms with Crippen molar-refractivity contribution in [2.24, 2.45) is 0 Å². The number of amides is 1. The number of nitrogens with zero attached hydrogens (tertiary/aromatic N) is 3. The van der Waals surface area contributed by atoms with Crippen LogP contribution < -0.4 is 5.32 Å². The van der Waals surface area contributed by atoms with Crippen LogP contribution in [0.15, 0.2) is 6.07 Å². The largest absolute Gasteiger partial charge is 0.383 e. The Morgan fingerprint density at radius 1 is 1.50 bits per heavy atom. The monoisotopic (exact) mass is 376 g/mol. The molecule has 0 bridgehead atoms. The van der Waals surface area contributed by atoms with Gasteiger partial charge in [-0.15, -0.1) is 0 Å². The van der Waals surface area contributed by atoms with E-state index >= 15 is 0 Å². The Morgan fingerprint density at radius 2 is 2.25 bits per heavy atom. The van der Waals surface area contributed by atoms with Crippen molar-refractivity contribution in [1.29, 1.82) is 0 Å². The summed E-state index contributed by atoms with van der Waals surface area (Å²) in [4.78, 5) is 11.8. The smallest absolute Gasteiger partial charge is 0.249 e. The average molecular weight is 377 g/mol. The topological polar surface area (TPSA) is 105 Å². The molecule has 2 heterocycles. The minimum atomic E-state index is -3.24. The van der Waals surface area contributed by atoms with E-state index in [0.717, 1.165) is 5.69 Å². The number of rotatable bonds is 7. The van der Waals surface area contributed by atoms with Gasteiger partial charge in [-0.05, 0) is 30.9 Å². The van der Waals surface area contributed by atoms with Crippen molar-refractivity contribution in [3.05, 3.63) is 17.5 Å². The third-order valence-electron chi connectivity index (χ3n) is 3.84. The molecule has 0 aliphatic carbocycles. The maximum atomic E-state index is 11.8. The zero-order valence-corrected chi connectivity index (χ0v) is 15.6. The van der Waals surface area contributed by atoms with Crippen molar-refractivity contribution in [2.75, 3.05) is 24.8 Å². The van der Waals surface area contributed by atoms with Gasteiger partial charge < -0.3 is 10.4 Å². The number of aryl methyl sites for hydroxylation is 1. The van der Waals surface area contributed by atoms with Crippen LogP contribution in [-0.4, -0.2) is 64.4 Å². The van der Waals surface area contributed by atoms with Crippen LogP contribution in [0.25, 0.3) is 0 Å². The Hall–Kier alpha value is -1.10. The molecular weight excluding hydrogens is 352 g/mol. The van der Waals surface area contributed by atoms with Gasteiger partial charge in [-0.1, -0.05) is 0 Å². The number of carbonyl (C=O) groups excluding carboxylic acids is 1. The van der Waals surface area contributed by atoms with Crippen molar-refractivity contribution in [2.45, 2.75) is 38.6 Å². The minimum absolute atomic E-state index is 0.216. The van der Waals surface area contributed by atoms with Crippen LogP contribution >= 0.6 is 11.8 Å². The fraction of sp³-hybridized carbons (Fsp3) is 0.714. The van der Waals surface area contributed by atoms with Crippen LogP contribution in [0.1, 0.15) is 24.2 Å². The van der Waals surface area contributed by atoms with Crippen LogP contribution in [0, 0.1) is 0 Å². The van der Waals surface area contributed by atoms with Gasteiger partial charge in [0.1, 0.15) is 6.10 Å². The highest BCUT2D eigenvalue weighted by atomic mass is 32.2. The molecule has 1 atom stereocenters. The van der Waals surface area contributed by atoms with Crippen molar-refractivity contribution >= 4 is 27.7 Å². The lowest BCUT2D eigenvalue weighted by atomic mass is 10.2. The number of fused-ring (bicyclic) bond motifs is 1. The first kappa shape index (κ1) is 19.2. The van der Waals surface area contributed by atoms with E-state index in [9.17, 15) is 18.3 Å². The van der Waals surface area contributed by atoms with E-state index in [1.807, 2.05) is 6.26 Å². The van der Waals surface area contributed by atoms with Gasteiger partial charge in [0.25, 0.3) is 0 Å². The molecule has 0 saturated carbocycles. The molecule has 136 valence electrons. The summed E-state index contributed by atoms with van der Waals surface area (Å²) in [5, 5.41) is 16.8. The van der Waals surface area contributed by atoms with Gasteiger partial charge in [-0.3, -0.25) is 9.48 Å². The standard InChI is InChI=1S/C14H24N4O4S2/c1-23-7-4-13(19)14(20)15-9-11-8-12-10-17(24(2,21)22)5-3-6-18(12)16-11/h8,13,19H,3-7,9-10H2,1-2H3,(H,15,20)/t13-/m0/s1. The first-order valence-corrected chi connectivity index (χ1v) is 11.0. The maximum absolute atomic E-state index is 11.8. The first-order chi connectivity index (χ1) is 11.3. The predicted octanol–water partition coefficient (Wildman–Crippen LogP) is -0.221. The Morgan fingerprint density at radius 3 is 2.92 bits per heavy atom. The molecule has 0 fully saturated rings. The zero-order chi connectivity index (χ0) is 17.7. The third kappa shape index (κ3) is 5.20. The number of thioether (sulfide) groups is 1. The Kier molecular flexibility index (Phi) is 6.67. The number of aromatic nitrogens is 2. The predicted molar refractivity (Wildman–Crippen MR) is 93.0 cm³/mol. The first-order valence-electron chi connectivity index (χ1n) is 7.76. The molecule has 0 radical (unpaired) electrons. The second-order valence-electron chi connectivity index (χ2n) is 5.82. The molecule has 0 aromatic carbocycles. The molecule has 1 aromatic rings. The number of aliphatic hydroxyl groups is 1. The van der Waals surface area contributed by atoms with Crippen LogP contribution in [0.3, 0.4) is 0 Å². The Labute approximate surface area is 146 Å². The SMILES string of the molecule is CSCC[C@H](O)C(=O)NCc1cc2n(n1)CCCN(S(C)(=O)=O)C2. The molecule has 1 amide bonds. The number of nitrogens with one attached hydrogen (secondary N) is 1. The van der Waals surface area contributed by atoms with E-state index in [4.69, 9.17) is 0 Å². The van der Waals surface area contributed by atoms with Gasteiger partial charge in [-0.25, -0.2) is 8.42 Å². The molecule has 2 rings (SSSR count). The third-order valence-corrected chi connectivity index (χ3v) is 5.73. The van der Waals surface area contributed by atoms with Crippen molar-refractivity contribution in [3.8, 4) is 0 Å². The minimum Gasteiger partial charge on any atom is -0.383 e. The lowest BCUT2D eigenvalue weighted by Crippen LogP contribution is -2.34.